The molecular formula is C25H27ClN2O4S. The molecular weight excluding hydrogens is 460 g/mol. The molecule has 0 heterocycles. The molecule has 0 bridgehead atoms. The highest BCUT2D eigenvalue weighted by Crippen LogP contribution is 2.27. The summed E-state index contributed by atoms with van der Waals surface area (Å²) >= 11 is 5.94. The van der Waals surface area contributed by atoms with Crippen molar-refractivity contribution in [2.45, 2.75) is 31.7 Å². The predicted molar refractivity (Wildman–Crippen MR) is 131 cm³/mol. The number of benzene rings is 3. The Hall–Kier alpha value is -3.03. The number of hydrogen-bond acceptors (Lipinski definition) is 4. The molecule has 1 N–H and O–H groups in total. The van der Waals surface area contributed by atoms with Gasteiger partial charge in [-0.15, -0.1) is 0 Å². The van der Waals surface area contributed by atoms with Crippen LogP contribution in [0.5, 0.6) is 5.75 Å². The molecule has 0 aliphatic carbocycles. The SMILES string of the molecule is COc1ccccc1[C@@H](C)NC(=O)CN(c1ccc(C)c(C)c1)S(=O)(=O)c1ccc(Cl)cc1. The van der Waals surface area contributed by atoms with E-state index >= 15 is 0 Å². The number of aryl methyl sites for hydroxylation is 2. The molecule has 3 rings (SSSR count). The third kappa shape index (κ3) is 5.67. The van der Waals surface area contributed by atoms with E-state index < -0.39 is 15.9 Å². The number of sulfonamides is 1. The van der Waals surface area contributed by atoms with E-state index in [4.69, 9.17) is 16.3 Å². The van der Waals surface area contributed by atoms with Crippen LogP contribution in [0.1, 0.15) is 29.7 Å². The minimum Gasteiger partial charge on any atom is -0.496 e. The summed E-state index contributed by atoms with van der Waals surface area (Å²) in [6, 6.07) is 18.2. The number of rotatable bonds is 8. The van der Waals surface area contributed by atoms with Gasteiger partial charge in [-0.2, -0.15) is 0 Å². The van der Waals surface area contributed by atoms with Crippen molar-refractivity contribution in [2.24, 2.45) is 0 Å². The lowest BCUT2D eigenvalue weighted by atomic mass is 10.1. The first-order chi connectivity index (χ1) is 15.6. The van der Waals surface area contributed by atoms with Crippen LogP contribution in [0.3, 0.4) is 0 Å². The summed E-state index contributed by atoms with van der Waals surface area (Å²) in [5.41, 5.74) is 3.16. The number of ether oxygens (including phenoxy) is 1. The lowest BCUT2D eigenvalue weighted by molar-refractivity contribution is -0.120. The van der Waals surface area contributed by atoms with Gasteiger partial charge in [0, 0.05) is 10.6 Å². The van der Waals surface area contributed by atoms with Crippen molar-refractivity contribution in [2.75, 3.05) is 18.0 Å². The van der Waals surface area contributed by atoms with E-state index in [0.29, 0.717) is 16.5 Å². The molecule has 0 saturated heterocycles. The zero-order valence-corrected chi connectivity index (χ0v) is 20.6. The fraction of sp³-hybridized carbons (Fsp3) is 0.240. The molecule has 3 aromatic carbocycles. The van der Waals surface area contributed by atoms with Gasteiger partial charge in [0.15, 0.2) is 0 Å². The number of anilines is 1. The van der Waals surface area contributed by atoms with E-state index in [1.165, 1.54) is 24.3 Å². The van der Waals surface area contributed by atoms with Crippen molar-refractivity contribution >= 4 is 33.2 Å². The number of hydrogen-bond donors (Lipinski definition) is 1. The van der Waals surface area contributed by atoms with Gasteiger partial charge in [-0.3, -0.25) is 9.10 Å². The third-order valence-corrected chi connectivity index (χ3v) is 7.49. The van der Waals surface area contributed by atoms with E-state index in [1.54, 1.807) is 19.2 Å². The average molecular weight is 487 g/mol. The van der Waals surface area contributed by atoms with Gasteiger partial charge >= 0.3 is 0 Å². The Morgan fingerprint density at radius 1 is 1.03 bits per heavy atom. The molecule has 8 heteroatoms. The van der Waals surface area contributed by atoms with Crippen LogP contribution in [-0.2, 0) is 14.8 Å². The zero-order valence-electron chi connectivity index (χ0n) is 19.0. The van der Waals surface area contributed by atoms with Crippen LogP contribution in [0, 0.1) is 13.8 Å². The average Bonchev–Trinajstić information content (AvgIpc) is 2.79. The van der Waals surface area contributed by atoms with Crippen LogP contribution in [-0.4, -0.2) is 28.0 Å². The Morgan fingerprint density at radius 3 is 2.33 bits per heavy atom. The molecule has 0 aromatic heterocycles. The van der Waals surface area contributed by atoms with Gasteiger partial charge in [-0.25, -0.2) is 8.42 Å². The van der Waals surface area contributed by atoms with Crippen molar-refractivity contribution in [3.63, 3.8) is 0 Å². The normalized spacial score (nSPS) is 12.2. The Bertz CT molecular complexity index is 1240. The van der Waals surface area contributed by atoms with Crippen molar-refractivity contribution in [3.8, 4) is 5.75 Å². The molecule has 1 amide bonds. The standard InChI is InChI=1S/C25H27ClN2O4S/c1-17-9-12-21(15-18(17)2)28(33(30,31)22-13-10-20(26)11-14-22)16-25(29)27-19(3)23-7-5-6-8-24(23)32-4/h5-15,19H,16H2,1-4H3,(H,27,29)/t19-/m1/s1. The van der Waals surface area contributed by atoms with E-state index in [0.717, 1.165) is 21.0 Å². The highest BCUT2D eigenvalue weighted by molar-refractivity contribution is 7.92. The van der Waals surface area contributed by atoms with Gasteiger partial charge in [0.05, 0.1) is 23.7 Å². The van der Waals surface area contributed by atoms with Crippen LogP contribution in [0.2, 0.25) is 5.02 Å². The van der Waals surface area contributed by atoms with Crippen LogP contribution < -0.4 is 14.4 Å². The maximum Gasteiger partial charge on any atom is 0.264 e. The van der Waals surface area contributed by atoms with Gasteiger partial charge < -0.3 is 10.1 Å². The number of nitrogens with zero attached hydrogens (tertiary/aromatic N) is 1. The quantitative estimate of drug-likeness (QED) is 0.484. The van der Waals surface area contributed by atoms with Gasteiger partial charge in [0.25, 0.3) is 10.0 Å². The second-order valence-electron chi connectivity index (χ2n) is 7.77. The molecule has 1 atom stereocenters. The number of carbonyl (C=O) groups excluding carboxylic acids is 1. The lowest BCUT2D eigenvalue weighted by Crippen LogP contribution is -2.41. The second-order valence-corrected chi connectivity index (χ2v) is 10.1. The highest BCUT2D eigenvalue weighted by atomic mass is 35.5. The van der Waals surface area contributed by atoms with Crippen molar-refractivity contribution in [1.82, 2.24) is 5.32 Å². The van der Waals surface area contributed by atoms with E-state index in [-0.39, 0.29) is 17.5 Å². The molecule has 6 nitrogen and oxygen atoms in total. The lowest BCUT2D eigenvalue weighted by Gasteiger charge is -2.26. The van der Waals surface area contributed by atoms with E-state index in [1.807, 2.05) is 51.1 Å². The number of halogens is 1. The van der Waals surface area contributed by atoms with Crippen molar-refractivity contribution in [1.29, 1.82) is 0 Å². The summed E-state index contributed by atoms with van der Waals surface area (Å²) in [4.78, 5) is 13.1. The summed E-state index contributed by atoms with van der Waals surface area (Å²) in [5, 5.41) is 3.31. The zero-order chi connectivity index (χ0) is 24.2. The largest absolute Gasteiger partial charge is 0.496 e. The fourth-order valence-electron chi connectivity index (χ4n) is 3.45. The number of para-hydroxylation sites is 1. The summed E-state index contributed by atoms with van der Waals surface area (Å²) in [5.74, 6) is 0.203. The Morgan fingerprint density at radius 2 is 1.70 bits per heavy atom. The molecule has 0 unspecified atom stereocenters. The first-order valence-corrected chi connectivity index (χ1v) is 12.2. The summed E-state index contributed by atoms with van der Waals surface area (Å²) in [7, 11) is -2.46. The molecule has 0 aliphatic rings. The van der Waals surface area contributed by atoms with Gasteiger partial charge in [0.1, 0.15) is 12.3 Å². The summed E-state index contributed by atoms with van der Waals surface area (Å²) < 4.78 is 33.5. The molecule has 0 saturated carbocycles. The number of nitrogens with one attached hydrogen (secondary N) is 1. The Labute approximate surface area is 200 Å². The van der Waals surface area contributed by atoms with Crippen LogP contribution in [0.25, 0.3) is 0 Å². The minimum absolute atomic E-state index is 0.0516. The Balaban J connectivity index is 1.93. The molecule has 0 spiro atoms. The molecule has 0 fully saturated rings. The van der Waals surface area contributed by atoms with Gasteiger partial charge in [-0.05, 0) is 74.4 Å². The summed E-state index contributed by atoms with van der Waals surface area (Å²) in [6.07, 6.45) is 0. The Kier molecular flexibility index (Phi) is 7.66. The molecule has 33 heavy (non-hydrogen) atoms. The minimum atomic E-state index is -4.02. The summed E-state index contributed by atoms with van der Waals surface area (Å²) in [6.45, 7) is 5.28. The predicted octanol–water partition coefficient (Wildman–Crippen LogP) is 5.04. The van der Waals surface area contributed by atoms with Gasteiger partial charge in [-0.1, -0.05) is 35.9 Å². The maximum absolute atomic E-state index is 13.5. The van der Waals surface area contributed by atoms with E-state index in [9.17, 15) is 13.2 Å². The number of methoxy groups -OCH3 is 1. The van der Waals surface area contributed by atoms with Crippen LogP contribution >= 0.6 is 11.6 Å². The van der Waals surface area contributed by atoms with Crippen molar-refractivity contribution in [3.05, 3.63) is 88.4 Å². The fourth-order valence-corrected chi connectivity index (χ4v) is 4.99. The smallest absolute Gasteiger partial charge is 0.264 e. The molecule has 3 aromatic rings. The monoisotopic (exact) mass is 486 g/mol. The van der Waals surface area contributed by atoms with Gasteiger partial charge in [0.2, 0.25) is 5.91 Å². The highest BCUT2D eigenvalue weighted by Gasteiger charge is 2.28. The van der Waals surface area contributed by atoms with Crippen LogP contribution in [0.15, 0.2) is 71.6 Å². The number of amides is 1. The van der Waals surface area contributed by atoms with E-state index in [2.05, 4.69) is 5.32 Å². The number of carbonyl (C=O) groups is 1. The molecule has 174 valence electrons. The molecule has 0 radical (unpaired) electrons. The van der Waals surface area contributed by atoms with Crippen molar-refractivity contribution < 1.29 is 17.9 Å². The first-order valence-electron chi connectivity index (χ1n) is 10.4. The first kappa shape index (κ1) is 24.6. The maximum atomic E-state index is 13.5. The topological polar surface area (TPSA) is 75.7 Å². The second kappa shape index (κ2) is 10.3. The molecule has 0 aliphatic heterocycles. The van der Waals surface area contributed by atoms with Crippen LogP contribution in [0.4, 0.5) is 5.69 Å². The third-order valence-electron chi connectivity index (χ3n) is 5.45.